The summed E-state index contributed by atoms with van der Waals surface area (Å²) in [5.41, 5.74) is 2.08. The number of anilines is 1. The van der Waals surface area contributed by atoms with Crippen molar-refractivity contribution in [3.05, 3.63) is 53.6 Å². The van der Waals surface area contributed by atoms with E-state index in [2.05, 4.69) is 10.6 Å². The van der Waals surface area contributed by atoms with Crippen LogP contribution in [0.15, 0.2) is 42.5 Å². The van der Waals surface area contributed by atoms with Gasteiger partial charge in [0.15, 0.2) is 5.78 Å². The molecule has 0 bridgehead atoms. The SMILES string of the molecule is COc1ccc(OCCNC(=O)CCC(=O)c2ccc3c(c2)CC(=O)N3)cc1. The fourth-order valence-corrected chi connectivity index (χ4v) is 2.89. The van der Waals surface area contributed by atoms with Gasteiger partial charge >= 0.3 is 0 Å². The van der Waals surface area contributed by atoms with Crippen LogP contribution < -0.4 is 20.1 Å². The Morgan fingerprint density at radius 2 is 1.82 bits per heavy atom. The molecule has 2 amide bonds. The predicted octanol–water partition coefficient (Wildman–Crippen LogP) is 2.35. The third kappa shape index (κ3) is 5.09. The van der Waals surface area contributed by atoms with E-state index in [9.17, 15) is 14.4 Å². The Hall–Kier alpha value is -3.35. The highest BCUT2D eigenvalue weighted by Gasteiger charge is 2.19. The second-order valence-corrected chi connectivity index (χ2v) is 6.39. The molecule has 28 heavy (non-hydrogen) atoms. The Balaban J connectivity index is 1.36. The van der Waals surface area contributed by atoms with Crippen LogP contribution >= 0.6 is 0 Å². The molecular weight excluding hydrogens is 360 g/mol. The van der Waals surface area contributed by atoms with Gasteiger partial charge in [-0.05, 0) is 48.0 Å². The lowest BCUT2D eigenvalue weighted by atomic mass is 10.0. The number of fused-ring (bicyclic) bond motifs is 1. The van der Waals surface area contributed by atoms with Crippen molar-refractivity contribution in [2.45, 2.75) is 19.3 Å². The molecule has 0 radical (unpaired) electrons. The lowest BCUT2D eigenvalue weighted by Gasteiger charge is -2.08. The molecule has 2 N–H and O–H groups in total. The lowest BCUT2D eigenvalue weighted by Crippen LogP contribution is -2.28. The number of nitrogens with one attached hydrogen (secondary N) is 2. The molecule has 1 heterocycles. The number of ether oxygens (including phenoxy) is 2. The van der Waals surface area contributed by atoms with Gasteiger partial charge in [-0.15, -0.1) is 0 Å². The van der Waals surface area contributed by atoms with E-state index in [1.54, 1.807) is 49.6 Å². The molecule has 0 atom stereocenters. The molecule has 0 aliphatic carbocycles. The molecule has 0 spiro atoms. The maximum Gasteiger partial charge on any atom is 0.228 e. The second-order valence-electron chi connectivity index (χ2n) is 6.39. The van der Waals surface area contributed by atoms with E-state index < -0.39 is 0 Å². The third-order valence-electron chi connectivity index (χ3n) is 4.38. The predicted molar refractivity (Wildman–Crippen MR) is 104 cm³/mol. The van der Waals surface area contributed by atoms with Gasteiger partial charge < -0.3 is 20.1 Å². The zero-order valence-electron chi connectivity index (χ0n) is 15.6. The van der Waals surface area contributed by atoms with Crippen molar-refractivity contribution >= 4 is 23.3 Å². The van der Waals surface area contributed by atoms with Gasteiger partial charge in [0.25, 0.3) is 0 Å². The first-order valence-electron chi connectivity index (χ1n) is 9.04. The van der Waals surface area contributed by atoms with E-state index in [-0.39, 0.29) is 36.9 Å². The van der Waals surface area contributed by atoms with Gasteiger partial charge in [-0.2, -0.15) is 0 Å². The smallest absolute Gasteiger partial charge is 0.228 e. The van der Waals surface area contributed by atoms with Gasteiger partial charge in [-0.25, -0.2) is 0 Å². The summed E-state index contributed by atoms with van der Waals surface area (Å²) in [6.45, 7) is 0.684. The average molecular weight is 382 g/mol. The first kappa shape index (κ1) is 19.4. The van der Waals surface area contributed by atoms with Crippen LogP contribution in [-0.2, 0) is 16.0 Å². The Bertz CT molecular complexity index is 877. The van der Waals surface area contributed by atoms with E-state index in [1.165, 1.54) is 0 Å². The summed E-state index contributed by atoms with van der Waals surface area (Å²) >= 11 is 0. The lowest BCUT2D eigenvalue weighted by molar-refractivity contribution is -0.121. The summed E-state index contributed by atoms with van der Waals surface area (Å²) in [5, 5.41) is 5.46. The van der Waals surface area contributed by atoms with Crippen LogP contribution in [0.2, 0.25) is 0 Å². The van der Waals surface area contributed by atoms with Crippen LogP contribution in [0.5, 0.6) is 11.5 Å². The van der Waals surface area contributed by atoms with Crippen molar-refractivity contribution in [2.75, 3.05) is 25.6 Å². The number of amides is 2. The molecule has 1 aliphatic rings. The molecule has 146 valence electrons. The van der Waals surface area contributed by atoms with Gasteiger partial charge in [0.2, 0.25) is 11.8 Å². The fourth-order valence-electron chi connectivity index (χ4n) is 2.89. The molecule has 7 heteroatoms. The van der Waals surface area contributed by atoms with Crippen molar-refractivity contribution in [1.82, 2.24) is 5.32 Å². The van der Waals surface area contributed by atoms with Crippen LogP contribution in [-0.4, -0.2) is 37.9 Å². The highest BCUT2D eigenvalue weighted by molar-refractivity contribution is 6.02. The number of ketones is 1. The summed E-state index contributed by atoms with van der Waals surface area (Å²) in [4.78, 5) is 35.6. The zero-order chi connectivity index (χ0) is 19.9. The van der Waals surface area contributed by atoms with E-state index in [0.29, 0.717) is 24.5 Å². The van der Waals surface area contributed by atoms with E-state index >= 15 is 0 Å². The summed E-state index contributed by atoms with van der Waals surface area (Å²) in [6.07, 6.45) is 0.506. The third-order valence-corrected chi connectivity index (χ3v) is 4.38. The Morgan fingerprint density at radius 1 is 1.07 bits per heavy atom. The molecule has 2 aromatic rings. The molecule has 0 fully saturated rings. The van der Waals surface area contributed by atoms with Gasteiger partial charge in [0, 0.05) is 24.1 Å². The van der Waals surface area contributed by atoms with Crippen LogP contribution in [0.3, 0.4) is 0 Å². The highest BCUT2D eigenvalue weighted by Crippen LogP contribution is 2.24. The normalized spacial score (nSPS) is 12.1. The number of hydrogen-bond donors (Lipinski definition) is 2. The summed E-state index contributed by atoms with van der Waals surface area (Å²) in [6, 6.07) is 12.3. The molecule has 3 rings (SSSR count). The summed E-state index contributed by atoms with van der Waals surface area (Å²) < 4.78 is 10.6. The number of rotatable bonds is 9. The molecule has 2 aromatic carbocycles. The minimum absolute atomic E-state index is 0.0733. The van der Waals surface area contributed by atoms with E-state index in [0.717, 1.165) is 17.0 Å². The number of hydrogen-bond acceptors (Lipinski definition) is 5. The molecule has 1 aliphatic heterocycles. The van der Waals surface area contributed by atoms with Gasteiger partial charge in [0.05, 0.1) is 20.1 Å². The molecular formula is C21H22N2O5. The van der Waals surface area contributed by atoms with Crippen molar-refractivity contribution in [2.24, 2.45) is 0 Å². The maximum atomic E-state index is 12.3. The minimum Gasteiger partial charge on any atom is -0.497 e. The fraction of sp³-hybridized carbons (Fsp3) is 0.286. The van der Waals surface area contributed by atoms with Crippen molar-refractivity contribution in [1.29, 1.82) is 0 Å². The van der Waals surface area contributed by atoms with Crippen molar-refractivity contribution < 1.29 is 23.9 Å². The maximum absolute atomic E-state index is 12.3. The number of carbonyl (C=O) groups is 3. The van der Waals surface area contributed by atoms with E-state index in [4.69, 9.17) is 9.47 Å². The molecule has 0 saturated heterocycles. The zero-order valence-corrected chi connectivity index (χ0v) is 15.6. The average Bonchev–Trinajstić information content (AvgIpc) is 3.09. The van der Waals surface area contributed by atoms with E-state index in [1.807, 2.05) is 0 Å². The standard InChI is InChI=1S/C21H22N2O5/c1-27-16-3-5-17(6-4-16)28-11-10-22-20(25)9-8-19(24)14-2-7-18-15(12-14)13-21(26)23-18/h2-7,12H,8-11,13H2,1H3,(H,22,25)(H,23,26). The van der Waals surface area contributed by atoms with Crippen LogP contribution in [0.25, 0.3) is 0 Å². The number of methoxy groups -OCH3 is 1. The van der Waals surface area contributed by atoms with Crippen LogP contribution in [0.4, 0.5) is 5.69 Å². The molecule has 0 unspecified atom stereocenters. The Labute approximate surface area is 163 Å². The second kappa shape index (κ2) is 9.03. The number of carbonyl (C=O) groups excluding carboxylic acids is 3. The largest absolute Gasteiger partial charge is 0.497 e. The van der Waals surface area contributed by atoms with Gasteiger partial charge in [-0.1, -0.05) is 0 Å². The van der Waals surface area contributed by atoms with Crippen molar-refractivity contribution in [3.8, 4) is 11.5 Å². The Morgan fingerprint density at radius 3 is 2.57 bits per heavy atom. The Kier molecular flexibility index (Phi) is 6.26. The highest BCUT2D eigenvalue weighted by atomic mass is 16.5. The summed E-state index contributed by atoms with van der Waals surface area (Å²) in [5.74, 6) is 1.04. The topological polar surface area (TPSA) is 93.7 Å². The quantitative estimate of drug-likeness (QED) is 0.513. The minimum atomic E-state index is -0.204. The van der Waals surface area contributed by atoms with Gasteiger partial charge in [-0.3, -0.25) is 14.4 Å². The van der Waals surface area contributed by atoms with Gasteiger partial charge in [0.1, 0.15) is 18.1 Å². The molecule has 0 aromatic heterocycles. The molecule has 7 nitrogen and oxygen atoms in total. The number of benzene rings is 2. The van der Waals surface area contributed by atoms with Crippen LogP contribution in [0, 0.1) is 0 Å². The van der Waals surface area contributed by atoms with Crippen molar-refractivity contribution in [3.63, 3.8) is 0 Å². The monoisotopic (exact) mass is 382 g/mol. The number of Topliss-reactive ketones (excluding diaryl/α,β-unsaturated/α-hetero) is 1. The first-order valence-corrected chi connectivity index (χ1v) is 9.04. The molecule has 0 saturated carbocycles. The summed E-state index contributed by atoms with van der Waals surface area (Å²) in [7, 11) is 1.60. The van der Waals surface area contributed by atoms with Crippen LogP contribution in [0.1, 0.15) is 28.8 Å². The first-order chi connectivity index (χ1) is 13.5.